The van der Waals surface area contributed by atoms with Gasteiger partial charge in [-0.15, -0.1) is 0 Å². The molecule has 4 aliphatic carbocycles. The molecule has 2 aromatic carbocycles. The van der Waals surface area contributed by atoms with Crippen LogP contribution in [-0.2, 0) is 32.5 Å². The van der Waals surface area contributed by atoms with E-state index in [0.717, 1.165) is 48.1 Å². The van der Waals surface area contributed by atoms with Crippen LogP contribution in [0.3, 0.4) is 0 Å². The first-order chi connectivity index (χ1) is 16.9. The Bertz CT molecular complexity index is 881. The van der Waals surface area contributed by atoms with E-state index in [1.165, 1.54) is 50.0 Å². The van der Waals surface area contributed by atoms with Crippen LogP contribution in [0.4, 0.5) is 0 Å². The van der Waals surface area contributed by atoms with E-state index in [1.807, 2.05) is 36.4 Å². The second-order valence-corrected chi connectivity index (χ2v) is 11.9. The van der Waals surface area contributed by atoms with Crippen LogP contribution in [-0.4, -0.2) is 15.8 Å². The van der Waals surface area contributed by atoms with Gasteiger partial charge in [0.25, 0.3) is 0 Å². The number of aliphatic hydroxyl groups is 2. The first-order valence-electron chi connectivity index (χ1n) is 13.4. The fourth-order valence-corrected chi connectivity index (χ4v) is 7.83. The summed E-state index contributed by atoms with van der Waals surface area (Å²) in [4.78, 5) is 0. The average molecular weight is 644 g/mol. The molecule has 4 bridgehead atoms. The zero-order valence-corrected chi connectivity index (χ0v) is 24.2. The minimum absolute atomic E-state index is 0.429. The van der Waals surface area contributed by atoms with Crippen LogP contribution in [0.5, 0.6) is 0 Å². The molecule has 4 saturated carbocycles. The average Bonchev–Trinajstić information content (AvgIpc) is 2.84. The van der Waals surface area contributed by atoms with E-state index in [4.69, 9.17) is 3.50 Å². The standard InChI is InChI=1S/C21H26O2.C10H15N.W/c1-16(22)20-14-8-6-12-18(20)10-4-3-5-11-19-13-7-9-15-21(19)17(2)23;11-10-4-7-1-8(5-10)3-9(2-7)6-10;/h4-9,12-17,22-23H,3,10-11H2,1-2H3;7-9H,1-6H2;/q-2;;. The summed E-state index contributed by atoms with van der Waals surface area (Å²) < 4.78 is 4.76. The zero-order valence-electron chi connectivity index (χ0n) is 21.3. The molecule has 0 amide bonds. The first kappa shape index (κ1) is 26.9. The van der Waals surface area contributed by atoms with Crippen LogP contribution in [0.1, 0.15) is 93.3 Å². The van der Waals surface area contributed by atoms with Crippen molar-refractivity contribution in [1.29, 1.82) is 0 Å². The Kier molecular flexibility index (Phi) is 9.53. The monoisotopic (exact) mass is 643 g/mol. The van der Waals surface area contributed by atoms with Crippen LogP contribution in [0.15, 0.2) is 52.0 Å². The molecule has 190 valence electrons. The SMILES string of the molecule is CC(O)c1ccccc1C[CH-]C[CH-]Cc1ccccc1C(C)O.[W]=[N]C12CC3CC(CC(C3)C1)C2. The van der Waals surface area contributed by atoms with Gasteiger partial charge in [0.05, 0.1) is 12.2 Å². The molecule has 3 nitrogen and oxygen atoms in total. The Morgan fingerprint density at radius 3 is 1.57 bits per heavy atom. The summed E-state index contributed by atoms with van der Waals surface area (Å²) in [6.45, 7) is 3.61. The zero-order chi connectivity index (χ0) is 24.8. The molecule has 0 spiro atoms. The molecular weight excluding hydrogens is 602 g/mol. The second kappa shape index (κ2) is 12.4. The summed E-state index contributed by atoms with van der Waals surface area (Å²) in [7, 11) is 0. The Balaban J connectivity index is 0.000000198. The van der Waals surface area contributed by atoms with Gasteiger partial charge in [0.15, 0.2) is 0 Å². The number of benzene rings is 2. The summed E-state index contributed by atoms with van der Waals surface area (Å²) in [5.41, 5.74) is 4.87. The van der Waals surface area contributed by atoms with Crippen molar-refractivity contribution in [3.05, 3.63) is 83.6 Å². The molecule has 0 aromatic heterocycles. The predicted molar refractivity (Wildman–Crippen MR) is 138 cm³/mol. The van der Waals surface area contributed by atoms with Crippen molar-refractivity contribution < 1.29 is 29.8 Å². The Morgan fingerprint density at radius 1 is 0.800 bits per heavy atom. The van der Waals surface area contributed by atoms with Crippen molar-refractivity contribution in [3.8, 4) is 0 Å². The van der Waals surface area contributed by atoms with Crippen LogP contribution in [0.2, 0.25) is 0 Å². The van der Waals surface area contributed by atoms with E-state index >= 15 is 0 Å². The van der Waals surface area contributed by atoms with E-state index in [0.29, 0.717) is 5.54 Å². The van der Waals surface area contributed by atoms with Crippen molar-refractivity contribution in [2.75, 3.05) is 0 Å². The Hall–Kier alpha value is -1.15. The third kappa shape index (κ3) is 7.00. The molecule has 0 saturated heterocycles. The van der Waals surface area contributed by atoms with Crippen molar-refractivity contribution in [2.45, 2.75) is 89.4 Å². The van der Waals surface area contributed by atoms with Gasteiger partial charge in [0, 0.05) is 0 Å². The number of aliphatic hydroxyl groups excluding tert-OH is 2. The van der Waals surface area contributed by atoms with Gasteiger partial charge in [-0.1, -0.05) is 59.7 Å². The van der Waals surface area contributed by atoms with Crippen LogP contribution in [0.25, 0.3) is 0 Å². The number of unbranched alkanes of at least 4 members (excludes halogenated alkanes) is 2. The first-order valence-corrected chi connectivity index (χ1v) is 14.7. The number of rotatable bonds is 9. The quantitative estimate of drug-likeness (QED) is 0.227. The number of hydrogen-bond donors (Lipinski definition) is 2. The third-order valence-corrected chi connectivity index (χ3v) is 9.66. The fraction of sp³-hybridized carbons (Fsp3) is 0.548. The molecule has 0 aliphatic heterocycles. The summed E-state index contributed by atoms with van der Waals surface area (Å²) in [6.07, 6.45) is 15.2. The van der Waals surface area contributed by atoms with E-state index in [1.54, 1.807) is 33.1 Å². The maximum atomic E-state index is 9.79. The maximum absolute atomic E-state index is 9.79. The van der Waals surface area contributed by atoms with Crippen molar-refractivity contribution >= 4 is 0 Å². The van der Waals surface area contributed by atoms with Gasteiger partial charge in [0.1, 0.15) is 0 Å². The van der Waals surface area contributed by atoms with Gasteiger partial charge in [-0.25, -0.2) is 0 Å². The summed E-state index contributed by atoms with van der Waals surface area (Å²) >= 11 is 1.46. The molecule has 4 heteroatoms. The van der Waals surface area contributed by atoms with E-state index in [2.05, 4.69) is 25.0 Å². The molecule has 6 rings (SSSR count). The fourth-order valence-electron chi connectivity index (χ4n) is 7.03. The molecule has 4 fully saturated rings. The predicted octanol–water partition coefficient (Wildman–Crippen LogP) is 7.06. The van der Waals surface area contributed by atoms with Gasteiger partial charge in [0.2, 0.25) is 0 Å². The van der Waals surface area contributed by atoms with Crippen LogP contribution < -0.4 is 0 Å². The molecule has 2 N–H and O–H groups in total. The van der Waals surface area contributed by atoms with E-state index in [9.17, 15) is 10.2 Å². The molecule has 2 aromatic rings. The second-order valence-electron chi connectivity index (χ2n) is 11.2. The number of hydrogen-bond acceptors (Lipinski definition) is 3. The van der Waals surface area contributed by atoms with Crippen molar-refractivity contribution in [3.63, 3.8) is 0 Å². The molecule has 4 aliphatic rings. The molecule has 2 atom stereocenters. The van der Waals surface area contributed by atoms with Crippen LogP contribution in [0, 0.1) is 30.6 Å². The summed E-state index contributed by atoms with van der Waals surface area (Å²) in [6, 6.07) is 16.1. The topological polar surface area (TPSA) is 52.8 Å². The Morgan fingerprint density at radius 2 is 1.20 bits per heavy atom. The van der Waals surface area contributed by atoms with Gasteiger partial charge >= 0.3 is 84.9 Å². The van der Waals surface area contributed by atoms with Gasteiger partial charge in [-0.2, -0.15) is 12.8 Å². The molecule has 0 heterocycles. The van der Waals surface area contributed by atoms with E-state index in [-0.39, 0.29) is 0 Å². The van der Waals surface area contributed by atoms with Gasteiger partial charge < -0.3 is 29.5 Å². The van der Waals surface area contributed by atoms with Crippen LogP contribution >= 0.6 is 0 Å². The minimum atomic E-state index is -0.429. The normalized spacial score (nSPS) is 28.2. The molecule has 0 radical (unpaired) electrons. The van der Waals surface area contributed by atoms with Crippen molar-refractivity contribution in [2.24, 2.45) is 21.2 Å². The number of nitrogens with zero attached hydrogens (tertiary/aromatic N) is 1. The summed E-state index contributed by atoms with van der Waals surface area (Å²) in [5.74, 6) is 3.21. The van der Waals surface area contributed by atoms with Gasteiger partial charge in [-0.05, 0) is 25.0 Å². The van der Waals surface area contributed by atoms with E-state index < -0.39 is 12.2 Å². The van der Waals surface area contributed by atoms with Gasteiger partial charge in [-0.3, -0.25) is 0 Å². The summed E-state index contributed by atoms with van der Waals surface area (Å²) in [5, 5.41) is 19.6. The Labute approximate surface area is 223 Å². The molecule has 2 unspecified atom stereocenters. The van der Waals surface area contributed by atoms with Crippen molar-refractivity contribution in [1.82, 2.24) is 0 Å². The third-order valence-electron chi connectivity index (χ3n) is 8.27. The molecular formula is C31H41NO2W-2. The molecule has 35 heavy (non-hydrogen) atoms.